The van der Waals surface area contributed by atoms with Gasteiger partial charge >= 0.3 is 6.03 Å². The van der Waals surface area contributed by atoms with Crippen LogP contribution in [0, 0.1) is 25.7 Å². The number of likely N-dealkylation sites (tertiary alicyclic amines) is 1. The van der Waals surface area contributed by atoms with Crippen LogP contribution in [0.3, 0.4) is 0 Å². The minimum atomic E-state index is -0.585. The van der Waals surface area contributed by atoms with E-state index >= 15 is 0 Å². The van der Waals surface area contributed by atoms with Gasteiger partial charge in [0, 0.05) is 24.7 Å². The molecule has 2 fully saturated rings. The maximum Gasteiger partial charge on any atom is 0.321 e. The second-order valence-electron chi connectivity index (χ2n) is 7.43. The van der Waals surface area contributed by atoms with E-state index in [1.54, 1.807) is 0 Å². The Morgan fingerprint density at radius 2 is 2.00 bits per heavy atom. The van der Waals surface area contributed by atoms with E-state index in [1.165, 1.54) is 0 Å². The fraction of sp³-hybridized carbons (Fsp3) is 0.632. The molecule has 0 radical (unpaired) electrons. The lowest BCUT2D eigenvalue weighted by atomic mass is 9.69. The van der Waals surface area contributed by atoms with Crippen molar-refractivity contribution in [1.29, 1.82) is 0 Å². The summed E-state index contributed by atoms with van der Waals surface area (Å²) in [6.45, 7) is 7.57. The van der Waals surface area contributed by atoms with Crippen molar-refractivity contribution in [3.8, 4) is 0 Å². The van der Waals surface area contributed by atoms with Crippen molar-refractivity contribution < 1.29 is 9.90 Å². The van der Waals surface area contributed by atoms with E-state index < -0.39 is 5.60 Å². The molecule has 1 heterocycles. The number of aryl methyl sites for hydroxylation is 2. The van der Waals surface area contributed by atoms with Crippen LogP contribution in [-0.2, 0) is 0 Å². The molecule has 4 heteroatoms. The molecular weight excluding hydrogens is 288 g/mol. The summed E-state index contributed by atoms with van der Waals surface area (Å²) in [6.07, 6.45) is 3.84. The summed E-state index contributed by atoms with van der Waals surface area (Å²) in [5, 5.41) is 13.9. The van der Waals surface area contributed by atoms with E-state index in [0.717, 1.165) is 49.0 Å². The maximum atomic E-state index is 12.6. The summed E-state index contributed by atoms with van der Waals surface area (Å²) < 4.78 is 0. The number of aliphatic hydroxyl groups is 1. The standard InChI is InChI=1S/C19H28N2O2/c1-4-19(23)7-5-6-15-11-21(12-17(15)19)18(22)20-16-9-13(2)8-14(3)10-16/h8-10,15,17,23H,4-7,11-12H2,1-3H3,(H,20,22)/t15-,17+,19-/m1/s1. The fourth-order valence-corrected chi connectivity index (χ4v) is 4.48. The summed E-state index contributed by atoms with van der Waals surface area (Å²) in [5.41, 5.74) is 2.57. The van der Waals surface area contributed by atoms with Gasteiger partial charge in [-0.15, -0.1) is 0 Å². The number of urea groups is 1. The first-order valence-electron chi connectivity index (χ1n) is 8.78. The molecule has 1 saturated carbocycles. The highest BCUT2D eigenvalue weighted by atomic mass is 16.3. The molecule has 0 spiro atoms. The highest BCUT2D eigenvalue weighted by Gasteiger charge is 2.48. The first-order valence-corrected chi connectivity index (χ1v) is 8.78. The van der Waals surface area contributed by atoms with Crippen molar-refractivity contribution in [1.82, 2.24) is 4.90 Å². The van der Waals surface area contributed by atoms with Gasteiger partial charge in [-0.25, -0.2) is 4.79 Å². The van der Waals surface area contributed by atoms with Gasteiger partial charge < -0.3 is 15.3 Å². The number of nitrogens with zero attached hydrogens (tertiary/aromatic N) is 1. The lowest BCUT2D eigenvalue weighted by molar-refractivity contribution is -0.0607. The number of fused-ring (bicyclic) bond motifs is 1. The van der Waals surface area contributed by atoms with Crippen LogP contribution in [0.25, 0.3) is 0 Å². The fourth-order valence-electron chi connectivity index (χ4n) is 4.48. The van der Waals surface area contributed by atoms with Gasteiger partial charge in [-0.3, -0.25) is 0 Å². The van der Waals surface area contributed by atoms with Crippen molar-refractivity contribution >= 4 is 11.7 Å². The smallest absolute Gasteiger partial charge is 0.321 e. The van der Waals surface area contributed by atoms with E-state index in [1.807, 2.05) is 30.9 Å². The Bertz CT molecular complexity index is 581. The Morgan fingerprint density at radius 1 is 1.30 bits per heavy atom. The molecule has 1 saturated heterocycles. The van der Waals surface area contributed by atoms with Gasteiger partial charge in [0.25, 0.3) is 0 Å². The number of hydrogen-bond acceptors (Lipinski definition) is 2. The zero-order chi connectivity index (χ0) is 16.6. The summed E-state index contributed by atoms with van der Waals surface area (Å²) in [5.74, 6) is 0.671. The molecule has 0 unspecified atom stereocenters. The van der Waals surface area contributed by atoms with Gasteiger partial charge in [-0.05, 0) is 62.3 Å². The molecule has 3 atom stereocenters. The van der Waals surface area contributed by atoms with Crippen molar-refractivity contribution in [2.45, 2.75) is 52.1 Å². The number of anilines is 1. The van der Waals surface area contributed by atoms with Crippen molar-refractivity contribution in [3.63, 3.8) is 0 Å². The SMILES string of the molecule is CC[C@@]1(O)CCC[C@@H]2CN(C(=O)Nc3cc(C)cc(C)c3)C[C@@H]21. The number of carbonyl (C=O) groups excluding carboxylic acids is 1. The molecule has 4 nitrogen and oxygen atoms in total. The average molecular weight is 316 g/mol. The van der Waals surface area contributed by atoms with Crippen LogP contribution in [0.5, 0.6) is 0 Å². The van der Waals surface area contributed by atoms with Gasteiger partial charge in [0.2, 0.25) is 0 Å². The minimum absolute atomic E-state index is 0.0390. The van der Waals surface area contributed by atoms with Crippen LogP contribution in [-0.4, -0.2) is 34.7 Å². The lowest BCUT2D eigenvalue weighted by Crippen LogP contribution is -2.44. The van der Waals surface area contributed by atoms with E-state index in [9.17, 15) is 9.90 Å². The third-order valence-corrected chi connectivity index (χ3v) is 5.69. The first kappa shape index (κ1) is 16.3. The number of hydrogen-bond donors (Lipinski definition) is 2. The third kappa shape index (κ3) is 3.23. The minimum Gasteiger partial charge on any atom is -0.390 e. The first-order chi connectivity index (χ1) is 10.9. The zero-order valence-corrected chi connectivity index (χ0v) is 14.4. The molecule has 126 valence electrons. The molecule has 2 aliphatic rings. The molecule has 0 bridgehead atoms. The lowest BCUT2D eigenvalue weighted by Gasteiger charge is -2.40. The molecule has 1 aromatic rings. The highest BCUT2D eigenvalue weighted by molar-refractivity contribution is 5.89. The average Bonchev–Trinajstić information content (AvgIpc) is 2.92. The van der Waals surface area contributed by atoms with E-state index in [2.05, 4.69) is 18.3 Å². The van der Waals surface area contributed by atoms with Crippen LogP contribution in [0.15, 0.2) is 18.2 Å². The van der Waals surface area contributed by atoms with Crippen LogP contribution >= 0.6 is 0 Å². The third-order valence-electron chi connectivity index (χ3n) is 5.69. The second kappa shape index (κ2) is 6.16. The normalized spacial score (nSPS) is 30.2. The van der Waals surface area contributed by atoms with Crippen molar-refractivity contribution in [2.75, 3.05) is 18.4 Å². The van der Waals surface area contributed by atoms with Crippen molar-refractivity contribution in [2.24, 2.45) is 11.8 Å². The number of amides is 2. The van der Waals surface area contributed by atoms with Crippen LogP contribution in [0.1, 0.15) is 43.7 Å². The van der Waals surface area contributed by atoms with E-state index in [-0.39, 0.29) is 11.9 Å². The zero-order valence-electron chi connectivity index (χ0n) is 14.4. The molecule has 1 aliphatic heterocycles. The van der Waals surface area contributed by atoms with Gasteiger partial charge in [0.1, 0.15) is 0 Å². The highest BCUT2D eigenvalue weighted by Crippen LogP contribution is 2.44. The Kier molecular flexibility index (Phi) is 4.37. The molecule has 1 aromatic carbocycles. The van der Waals surface area contributed by atoms with Gasteiger partial charge in [0.05, 0.1) is 5.60 Å². The Hall–Kier alpha value is -1.55. The molecule has 2 N–H and O–H groups in total. The van der Waals surface area contributed by atoms with Gasteiger partial charge in [-0.1, -0.05) is 19.4 Å². The Labute approximate surface area is 138 Å². The predicted molar refractivity (Wildman–Crippen MR) is 92.6 cm³/mol. The van der Waals surface area contributed by atoms with E-state index in [0.29, 0.717) is 12.5 Å². The topological polar surface area (TPSA) is 52.6 Å². The number of nitrogens with one attached hydrogen (secondary N) is 1. The summed E-state index contributed by atoms with van der Waals surface area (Å²) in [7, 11) is 0. The van der Waals surface area contributed by atoms with E-state index in [4.69, 9.17) is 0 Å². The quantitative estimate of drug-likeness (QED) is 0.874. The molecule has 3 rings (SSSR count). The maximum absolute atomic E-state index is 12.6. The number of benzene rings is 1. The van der Waals surface area contributed by atoms with Crippen LogP contribution < -0.4 is 5.32 Å². The predicted octanol–water partition coefficient (Wildman–Crippen LogP) is 3.71. The van der Waals surface area contributed by atoms with Crippen LogP contribution in [0.4, 0.5) is 10.5 Å². The number of carbonyl (C=O) groups is 1. The Morgan fingerprint density at radius 3 is 2.65 bits per heavy atom. The second-order valence-corrected chi connectivity index (χ2v) is 7.43. The molecular formula is C19H28N2O2. The molecule has 2 amide bonds. The summed E-state index contributed by atoms with van der Waals surface area (Å²) in [6, 6.07) is 6.05. The summed E-state index contributed by atoms with van der Waals surface area (Å²) >= 11 is 0. The Balaban J connectivity index is 1.69. The van der Waals surface area contributed by atoms with Crippen LogP contribution in [0.2, 0.25) is 0 Å². The van der Waals surface area contributed by atoms with Gasteiger partial charge in [-0.2, -0.15) is 0 Å². The number of rotatable bonds is 2. The summed E-state index contributed by atoms with van der Waals surface area (Å²) in [4.78, 5) is 14.5. The van der Waals surface area contributed by atoms with Crippen molar-refractivity contribution in [3.05, 3.63) is 29.3 Å². The monoisotopic (exact) mass is 316 g/mol. The molecule has 0 aromatic heterocycles. The molecule has 23 heavy (non-hydrogen) atoms. The largest absolute Gasteiger partial charge is 0.390 e. The van der Waals surface area contributed by atoms with Gasteiger partial charge in [0.15, 0.2) is 0 Å². The molecule has 1 aliphatic carbocycles.